The molecule has 1 heterocycles. The molecule has 0 amide bonds. The lowest BCUT2D eigenvalue weighted by Gasteiger charge is -2.28. The SMILES string of the molecule is Fc1ccc(C2CCC(OCOCC3CO3)CC2)cc1F. The third-order valence-corrected chi connectivity index (χ3v) is 4.18. The van der Waals surface area contributed by atoms with Crippen molar-refractivity contribution in [2.75, 3.05) is 20.0 Å². The first-order valence-electron chi connectivity index (χ1n) is 7.48. The molecule has 0 N–H and O–H groups in total. The average molecular weight is 298 g/mol. The Morgan fingerprint density at radius 3 is 2.52 bits per heavy atom. The van der Waals surface area contributed by atoms with Gasteiger partial charge in [-0.3, -0.25) is 0 Å². The lowest BCUT2D eigenvalue weighted by atomic mass is 9.83. The first kappa shape index (κ1) is 14.9. The molecule has 0 radical (unpaired) electrons. The number of benzene rings is 1. The van der Waals surface area contributed by atoms with Crippen molar-refractivity contribution in [3.63, 3.8) is 0 Å². The van der Waals surface area contributed by atoms with Crippen LogP contribution in [0.15, 0.2) is 18.2 Å². The Balaban J connectivity index is 1.40. The molecule has 1 saturated carbocycles. The Hall–Kier alpha value is -1.04. The van der Waals surface area contributed by atoms with Crippen LogP contribution < -0.4 is 0 Å². The molecule has 2 fully saturated rings. The predicted octanol–water partition coefficient (Wildman–Crippen LogP) is 3.38. The van der Waals surface area contributed by atoms with E-state index in [9.17, 15) is 8.78 Å². The molecule has 3 nitrogen and oxygen atoms in total. The fourth-order valence-corrected chi connectivity index (χ4v) is 2.82. The minimum atomic E-state index is -0.785. The van der Waals surface area contributed by atoms with E-state index in [2.05, 4.69) is 0 Å². The Kier molecular flexibility index (Phi) is 4.83. The van der Waals surface area contributed by atoms with Crippen LogP contribution in [-0.4, -0.2) is 32.2 Å². The smallest absolute Gasteiger partial charge is 0.159 e. The lowest BCUT2D eigenvalue weighted by molar-refractivity contribution is -0.102. The first-order chi connectivity index (χ1) is 10.2. The summed E-state index contributed by atoms with van der Waals surface area (Å²) in [7, 11) is 0. The first-order valence-corrected chi connectivity index (χ1v) is 7.48. The van der Waals surface area contributed by atoms with E-state index in [4.69, 9.17) is 14.2 Å². The number of rotatable bonds is 6. The average Bonchev–Trinajstić information content (AvgIpc) is 3.31. The largest absolute Gasteiger partial charge is 0.371 e. The van der Waals surface area contributed by atoms with Crippen LogP contribution in [0.1, 0.15) is 37.2 Å². The van der Waals surface area contributed by atoms with Gasteiger partial charge in [0.1, 0.15) is 12.9 Å². The van der Waals surface area contributed by atoms with Gasteiger partial charge in [-0.25, -0.2) is 8.78 Å². The second-order valence-electron chi connectivity index (χ2n) is 5.76. The monoisotopic (exact) mass is 298 g/mol. The molecule has 1 aromatic rings. The molecule has 5 heteroatoms. The van der Waals surface area contributed by atoms with Gasteiger partial charge in [0, 0.05) is 0 Å². The van der Waals surface area contributed by atoms with Crippen molar-refractivity contribution in [1.29, 1.82) is 0 Å². The molecule has 0 bridgehead atoms. The number of hydrogen-bond donors (Lipinski definition) is 0. The maximum absolute atomic E-state index is 13.3. The summed E-state index contributed by atoms with van der Waals surface area (Å²) in [5, 5.41) is 0. The molecule has 1 atom stereocenters. The number of epoxide rings is 1. The Morgan fingerprint density at radius 2 is 1.86 bits per heavy atom. The Morgan fingerprint density at radius 1 is 1.10 bits per heavy atom. The van der Waals surface area contributed by atoms with E-state index >= 15 is 0 Å². The molecular formula is C16H20F2O3. The molecule has 2 aliphatic rings. The Labute approximate surface area is 123 Å². The van der Waals surface area contributed by atoms with Gasteiger partial charge in [-0.15, -0.1) is 0 Å². The zero-order chi connectivity index (χ0) is 14.7. The summed E-state index contributed by atoms with van der Waals surface area (Å²) in [5.74, 6) is -1.25. The van der Waals surface area contributed by atoms with Gasteiger partial charge in [0.05, 0.1) is 19.3 Å². The van der Waals surface area contributed by atoms with E-state index in [0.717, 1.165) is 37.9 Å². The van der Waals surface area contributed by atoms with Crippen LogP contribution in [0, 0.1) is 11.6 Å². The highest BCUT2D eigenvalue weighted by molar-refractivity contribution is 5.22. The summed E-state index contributed by atoms with van der Waals surface area (Å²) in [4.78, 5) is 0. The minimum Gasteiger partial charge on any atom is -0.371 e. The molecule has 0 spiro atoms. The quantitative estimate of drug-likeness (QED) is 0.458. The van der Waals surface area contributed by atoms with Crippen LogP contribution in [0.3, 0.4) is 0 Å². The van der Waals surface area contributed by atoms with Gasteiger partial charge in [0.15, 0.2) is 11.6 Å². The molecule has 116 valence electrons. The van der Waals surface area contributed by atoms with Crippen LogP contribution in [0.2, 0.25) is 0 Å². The van der Waals surface area contributed by atoms with E-state index < -0.39 is 11.6 Å². The fourth-order valence-electron chi connectivity index (χ4n) is 2.82. The van der Waals surface area contributed by atoms with Crippen molar-refractivity contribution in [2.45, 2.75) is 43.8 Å². The van der Waals surface area contributed by atoms with Crippen molar-refractivity contribution < 1.29 is 23.0 Å². The molecule has 3 rings (SSSR count). The molecule has 1 aromatic carbocycles. The standard InChI is InChI=1S/C16H20F2O3/c17-15-6-3-12(7-16(15)18)11-1-4-13(5-2-11)21-10-19-8-14-9-20-14/h3,6-7,11,13-14H,1-2,4-5,8-10H2. The van der Waals surface area contributed by atoms with E-state index in [1.807, 2.05) is 0 Å². The highest BCUT2D eigenvalue weighted by Gasteiger charge is 2.25. The maximum atomic E-state index is 13.3. The van der Waals surface area contributed by atoms with Crippen LogP contribution in [0.25, 0.3) is 0 Å². The van der Waals surface area contributed by atoms with Crippen molar-refractivity contribution in [3.05, 3.63) is 35.4 Å². The van der Waals surface area contributed by atoms with Gasteiger partial charge in [-0.2, -0.15) is 0 Å². The third-order valence-electron chi connectivity index (χ3n) is 4.18. The van der Waals surface area contributed by atoms with Crippen LogP contribution >= 0.6 is 0 Å². The number of halogens is 2. The fraction of sp³-hybridized carbons (Fsp3) is 0.625. The summed E-state index contributed by atoms with van der Waals surface area (Å²) in [6.45, 7) is 1.70. The van der Waals surface area contributed by atoms with Crippen molar-refractivity contribution >= 4 is 0 Å². The molecular weight excluding hydrogens is 278 g/mol. The minimum absolute atomic E-state index is 0.201. The zero-order valence-corrected chi connectivity index (χ0v) is 11.9. The second-order valence-corrected chi connectivity index (χ2v) is 5.76. The summed E-state index contributed by atoms with van der Waals surface area (Å²) < 4.78 is 42.3. The van der Waals surface area contributed by atoms with E-state index in [0.29, 0.717) is 19.3 Å². The molecule has 21 heavy (non-hydrogen) atoms. The molecule has 1 aliphatic carbocycles. The van der Waals surface area contributed by atoms with Crippen LogP contribution in [0.5, 0.6) is 0 Å². The summed E-state index contributed by atoms with van der Waals surface area (Å²) in [6.07, 6.45) is 4.17. The highest BCUT2D eigenvalue weighted by atomic mass is 19.2. The molecule has 1 saturated heterocycles. The van der Waals surface area contributed by atoms with Gasteiger partial charge in [0.2, 0.25) is 0 Å². The van der Waals surface area contributed by atoms with Gasteiger partial charge in [-0.1, -0.05) is 6.07 Å². The van der Waals surface area contributed by atoms with Gasteiger partial charge in [-0.05, 0) is 49.3 Å². The van der Waals surface area contributed by atoms with Gasteiger partial charge >= 0.3 is 0 Å². The lowest BCUT2D eigenvalue weighted by Crippen LogP contribution is -2.22. The molecule has 0 aromatic heterocycles. The molecule has 1 aliphatic heterocycles. The predicted molar refractivity (Wildman–Crippen MR) is 73.0 cm³/mol. The van der Waals surface area contributed by atoms with Crippen molar-refractivity contribution in [3.8, 4) is 0 Å². The molecule has 1 unspecified atom stereocenters. The normalized spacial score (nSPS) is 28.6. The van der Waals surface area contributed by atoms with Gasteiger partial charge < -0.3 is 14.2 Å². The maximum Gasteiger partial charge on any atom is 0.159 e. The summed E-state index contributed by atoms with van der Waals surface area (Å²) >= 11 is 0. The topological polar surface area (TPSA) is 31.0 Å². The van der Waals surface area contributed by atoms with Crippen molar-refractivity contribution in [2.24, 2.45) is 0 Å². The Bertz CT molecular complexity index is 469. The zero-order valence-electron chi connectivity index (χ0n) is 11.9. The van der Waals surface area contributed by atoms with E-state index in [1.165, 1.54) is 12.1 Å². The van der Waals surface area contributed by atoms with Crippen molar-refractivity contribution in [1.82, 2.24) is 0 Å². The summed E-state index contributed by atoms with van der Waals surface area (Å²) in [5.41, 5.74) is 0.884. The highest BCUT2D eigenvalue weighted by Crippen LogP contribution is 2.34. The van der Waals surface area contributed by atoms with Gasteiger partial charge in [0.25, 0.3) is 0 Å². The number of hydrogen-bond acceptors (Lipinski definition) is 3. The van der Waals surface area contributed by atoms with E-state index in [1.54, 1.807) is 6.07 Å². The van der Waals surface area contributed by atoms with Crippen LogP contribution in [0.4, 0.5) is 8.78 Å². The summed E-state index contributed by atoms with van der Waals surface area (Å²) in [6, 6.07) is 4.21. The third kappa shape index (κ3) is 4.22. The second kappa shape index (κ2) is 6.81. The van der Waals surface area contributed by atoms with Crippen LogP contribution in [-0.2, 0) is 14.2 Å². The van der Waals surface area contributed by atoms with E-state index in [-0.39, 0.29) is 12.2 Å². The number of ether oxygens (including phenoxy) is 3.